The number of fused-ring (bicyclic) bond motifs is 1. The number of aryl methyl sites for hydroxylation is 1. The van der Waals surface area contributed by atoms with Gasteiger partial charge in [-0.2, -0.15) is 0 Å². The Morgan fingerprint density at radius 2 is 2.19 bits per heavy atom. The number of rotatable bonds is 4. The molecule has 0 atom stereocenters. The number of carbonyl (C=O) groups excluding carboxylic acids is 1. The van der Waals surface area contributed by atoms with E-state index in [1.807, 2.05) is 31.4 Å². The molecule has 0 aromatic carbocycles. The largest absolute Gasteiger partial charge is 0.346 e. The van der Waals surface area contributed by atoms with Crippen LogP contribution in [0.15, 0.2) is 46.8 Å². The lowest BCUT2D eigenvalue weighted by Gasteiger charge is -2.05. The van der Waals surface area contributed by atoms with E-state index in [0.717, 1.165) is 21.7 Å². The molecule has 0 unspecified atom stereocenters. The predicted octanol–water partition coefficient (Wildman–Crippen LogP) is 2.69. The van der Waals surface area contributed by atoms with Gasteiger partial charge in [0.05, 0.1) is 23.5 Å². The standard InChI is InChI=1S/C19H17N5O2S/c1-11-12(2)27-10-15(11)19(26)21-9-14-6-18(25)24-17(22-14)7-16(23-24)13-4-3-5-20-8-13/h3-8,10,23H,9H2,1-2H3,(H,21,26). The summed E-state index contributed by atoms with van der Waals surface area (Å²) >= 11 is 1.55. The summed E-state index contributed by atoms with van der Waals surface area (Å²) < 4.78 is 1.38. The molecule has 136 valence electrons. The Morgan fingerprint density at radius 3 is 2.89 bits per heavy atom. The van der Waals surface area contributed by atoms with Crippen LogP contribution in [0.3, 0.4) is 0 Å². The second-order valence-corrected chi connectivity index (χ2v) is 7.29. The molecule has 7 nitrogen and oxygen atoms in total. The van der Waals surface area contributed by atoms with E-state index in [1.165, 1.54) is 10.6 Å². The van der Waals surface area contributed by atoms with Crippen LogP contribution >= 0.6 is 11.3 Å². The molecule has 0 spiro atoms. The fourth-order valence-corrected chi connectivity index (χ4v) is 3.67. The maximum Gasteiger partial charge on any atom is 0.272 e. The highest BCUT2D eigenvalue weighted by atomic mass is 32.1. The van der Waals surface area contributed by atoms with Crippen molar-refractivity contribution in [1.29, 1.82) is 0 Å². The first-order valence-corrected chi connectivity index (χ1v) is 9.26. The maximum atomic E-state index is 12.4. The number of pyridine rings is 1. The average Bonchev–Trinajstić information content (AvgIpc) is 3.25. The summed E-state index contributed by atoms with van der Waals surface area (Å²) in [6.45, 7) is 4.10. The summed E-state index contributed by atoms with van der Waals surface area (Å²) in [4.78, 5) is 34.4. The van der Waals surface area contributed by atoms with Crippen LogP contribution in [0.25, 0.3) is 16.9 Å². The van der Waals surface area contributed by atoms with Crippen LogP contribution in [0.2, 0.25) is 0 Å². The zero-order chi connectivity index (χ0) is 19.0. The minimum Gasteiger partial charge on any atom is -0.346 e. The SMILES string of the molecule is Cc1scc(C(=O)NCc2cc(=O)n3[nH]c(-c4cccnc4)cc3n2)c1C. The molecule has 0 bridgehead atoms. The van der Waals surface area contributed by atoms with Crippen LogP contribution in [-0.2, 0) is 6.54 Å². The first-order chi connectivity index (χ1) is 13.0. The lowest BCUT2D eigenvalue weighted by Crippen LogP contribution is -2.25. The highest BCUT2D eigenvalue weighted by Gasteiger charge is 2.13. The van der Waals surface area contributed by atoms with E-state index in [2.05, 4.69) is 20.4 Å². The van der Waals surface area contributed by atoms with Crippen LogP contribution in [0.1, 0.15) is 26.5 Å². The summed E-state index contributed by atoms with van der Waals surface area (Å²) in [6.07, 6.45) is 3.40. The van der Waals surface area contributed by atoms with E-state index in [-0.39, 0.29) is 18.0 Å². The summed E-state index contributed by atoms with van der Waals surface area (Å²) in [6, 6.07) is 6.93. The molecule has 27 heavy (non-hydrogen) atoms. The van der Waals surface area contributed by atoms with Crippen molar-refractivity contribution in [3.05, 3.63) is 74.1 Å². The quantitative estimate of drug-likeness (QED) is 0.570. The van der Waals surface area contributed by atoms with Crippen LogP contribution in [0.4, 0.5) is 0 Å². The molecular weight excluding hydrogens is 362 g/mol. The van der Waals surface area contributed by atoms with Gasteiger partial charge in [0.15, 0.2) is 5.65 Å². The van der Waals surface area contributed by atoms with Crippen molar-refractivity contribution in [3.8, 4) is 11.3 Å². The first kappa shape index (κ1) is 17.2. The second-order valence-electron chi connectivity index (χ2n) is 6.20. The van der Waals surface area contributed by atoms with Crippen molar-refractivity contribution in [1.82, 2.24) is 24.9 Å². The number of H-pyrrole nitrogens is 1. The highest BCUT2D eigenvalue weighted by molar-refractivity contribution is 7.10. The summed E-state index contributed by atoms with van der Waals surface area (Å²) in [5.41, 5.74) is 4.02. The van der Waals surface area contributed by atoms with Gasteiger partial charge in [-0.3, -0.25) is 19.7 Å². The van der Waals surface area contributed by atoms with Gasteiger partial charge in [-0.1, -0.05) is 0 Å². The molecule has 0 aliphatic heterocycles. The molecule has 4 aromatic heterocycles. The zero-order valence-corrected chi connectivity index (χ0v) is 15.6. The van der Waals surface area contributed by atoms with Gasteiger partial charge in [0, 0.05) is 40.3 Å². The van der Waals surface area contributed by atoms with E-state index in [9.17, 15) is 9.59 Å². The molecule has 0 saturated carbocycles. The van der Waals surface area contributed by atoms with Crippen molar-refractivity contribution in [2.75, 3.05) is 0 Å². The fourth-order valence-electron chi connectivity index (χ4n) is 2.80. The van der Waals surface area contributed by atoms with Crippen molar-refractivity contribution in [2.45, 2.75) is 20.4 Å². The molecule has 2 N–H and O–H groups in total. The van der Waals surface area contributed by atoms with Gasteiger partial charge in [0.2, 0.25) is 0 Å². The Bertz CT molecular complexity index is 1190. The van der Waals surface area contributed by atoms with Gasteiger partial charge in [-0.15, -0.1) is 11.3 Å². The highest BCUT2D eigenvalue weighted by Crippen LogP contribution is 2.20. The number of amides is 1. The summed E-state index contributed by atoms with van der Waals surface area (Å²) in [7, 11) is 0. The zero-order valence-electron chi connectivity index (χ0n) is 14.8. The number of carbonyl (C=O) groups is 1. The maximum absolute atomic E-state index is 12.4. The number of aromatic amines is 1. The number of nitrogens with zero attached hydrogens (tertiary/aromatic N) is 3. The Balaban J connectivity index is 1.59. The third-order valence-corrected chi connectivity index (χ3v) is 5.45. The molecule has 0 saturated heterocycles. The van der Waals surface area contributed by atoms with E-state index >= 15 is 0 Å². The second kappa shape index (κ2) is 6.81. The first-order valence-electron chi connectivity index (χ1n) is 8.38. The number of nitrogens with one attached hydrogen (secondary N) is 2. The van der Waals surface area contributed by atoms with Crippen molar-refractivity contribution < 1.29 is 4.79 Å². The normalized spacial score (nSPS) is 11.0. The van der Waals surface area contributed by atoms with Crippen LogP contribution in [-0.4, -0.2) is 25.5 Å². The van der Waals surface area contributed by atoms with E-state index < -0.39 is 0 Å². The van der Waals surface area contributed by atoms with Crippen LogP contribution < -0.4 is 10.9 Å². The van der Waals surface area contributed by atoms with E-state index in [4.69, 9.17) is 0 Å². The van der Waals surface area contributed by atoms with Gasteiger partial charge in [0.1, 0.15) is 0 Å². The van der Waals surface area contributed by atoms with Crippen molar-refractivity contribution in [2.24, 2.45) is 0 Å². The molecular formula is C19H17N5O2S. The molecule has 1 amide bonds. The Labute approximate surface area is 158 Å². The van der Waals surface area contributed by atoms with Gasteiger partial charge < -0.3 is 5.32 Å². The Kier molecular flexibility index (Phi) is 4.33. The monoisotopic (exact) mass is 379 g/mol. The molecule has 4 rings (SSSR count). The number of aromatic nitrogens is 4. The van der Waals surface area contributed by atoms with Crippen molar-refractivity contribution in [3.63, 3.8) is 0 Å². The van der Waals surface area contributed by atoms with E-state index in [1.54, 1.807) is 29.8 Å². The van der Waals surface area contributed by atoms with Gasteiger partial charge in [-0.05, 0) is 31.5 Å². The summed E-state index contributed by atoms with van der Waals surface area (Å²) in [5.74, 6) is -0.163. The molecule has 0 radical (unpaired) electrons. The van der Waals surface area contributed by atoms with Crippen molar-refractivity contribution >= 4 is 22.9 Å². The minimum atomic E-state index is -0.234. The van der Waals surface area contributed by atoms with Gasteiger partial charge in [-0.25, -0.2) is 9.50 Å². The molecule has 0 aliphatic carbocycles. The third-order valence-electron chi connectivity index (χ3n) is 4.44. The lowest BCUT2D eigenvalue weighted by atomic mass is 10.1. The van der Waals surface area contributed by atoms with Gasteiger partial charge in [0.25, 0.3) is 11.5 Å². The van der Waals surface area contributed by atoms with Crippen LogP contribution in [0, 0.1) is 13.8 Å². The van der Waals surface area contributed by atoms with E-state index in [0.29, 0.717) is 16.9 Å². The van der Waals surface area contributed by atoms with Crippen LogP contribution in [0.5, 0.6) is 0 Å². The lowest BCUT2D eigenvalue weighted by molar-refractivity contribution is 0.0950. The molecule has 0 fully saturated rings. The van der Waals surface area contributed by atoms with Gasteiger partial charge >= 0.3 is 0 Å². The number of hydrogen-bond donors (Lipinski definition) is 2. The molecule has 4 aromatic rings. The average molecular weight is 379 g/mol. The Morgan fingerprint density at radius 1 is 1.33 bits per heavy atom. The minimum absolute atomic E-state index is 0.163. The Hall–Kier alpha value is -3.26. The smallest absolute Gasteiger partial charge is 0.272 e. The number of thiophene rings is 1. The predicted molar refractivity (Wildman–Crippen MR) is 104 cm³/mol. The summed E-state index contributed by atoms with van der Waals surface area (Å²) in [5, 5.41) is 7.71. The molecule has 8 heteroatoms. The number of hydrogen-bond acceptors (Lipinski definition) is 5. The fraction of sp³-hybridized carbons (Fsp3) is 0.158. The third kappa shape index (κ3) is 3.26. The molecule has 0 aliphatic rings. The topological polar surface area (TPSA) is 92.2 Å². The molecule has 4 heterocycles.